The highest BCUT2D eigenvalue weighted by Gasteiger charge is 2.30. The molecule has 4 rings (SSSR count). The molecule has 3 nitrogen and oxygen atoms in total. The van der Waals surface area contributed by atoms with Crippen LogP contribution in [-0.2, 0) is 4.79 Å². The average molecular weight is 443 g/mol. The summed E-state index contributed by atoms with van der Waals surface area (Å²) in [7, 11) is 0. The van der Waals surface area contributed by atoms with Gasteiger partial charge in [0.2, 0.25) is 5.91 Å². The summed E-state index contributed by atoms with van der Waals surface area (Å²) in [5.41, 5.74) is 2.92. The molecule has 30 heavy (non-hydrogen) atoms. The van der Waals surface area contributed by atoms with Crippen LogP contribution in [-0.4, -0.2) is 10.9 Å². The lowest BCUT2D eigenvalue weighted by molar-refractivity contribution is -0.121. The highest BCUT2D eigenvalue weighted by molar-refractivity contribution is 7.94. The predicted octanol–water partition coefficient (Wildman–Crippen LogP) is 7.41. The summed E-state index contributed by atoms with van der Waals surface area (Å²) in [5, 5.41) is 4.69. The van der Waals surface area contributed by atoms with Gasteiger partial charge in [0.1, 0.15) is 0 Å². The lowest BCUT2D eigenvalue weighted by Gasteiger charge is -2.32. The Hall–Kier alpha value is -2.11. The van der Waals surface area contributed by atoms with Crippen molar-refractivity contribution in [3.05, 3.63) is 65.3 Å². The first-order chi connectivity index (χ1) is 14.5. The van der Waals surface area contributed by atoms with Crippen LogP contribution in [0.25, 0.3) is 10.9 Å². The van der Waals surface area contributed by atoms with E-state index in [9.17, 15) is 8.68 Å². The molecule has 1 fully saturated rings. The van der Waals surface area contributed by atoms with Crippen LogP contribution in [0.4, 0.5) is 9.57 Å². The number of carbonyl (C=O) groups excluding carboxylic acids is 1. The van der Waals surface area contributed by atoms with Crippen LogP contribution in [0.2, 0.25) is 5.02 Å². The lowest BCUT2D eigenvalue weighted by Crippen LogP contribution is -2.29. The van der Waals surface area contributed by atoms with Crippen molar-refractivity contribution in [1.82, 2.24) is 4.98 Å². The van der Waals surface area contributed by atoms with Gasteiger partial charge in [-0.2, -0.15) is 3.89 Å². The van der Waals surface area contributed by atoms with Crippen molar-refractivity contribution in [2.45, 2.75) is 43.4 Å². The summed E-state index contributed by atoms with van der Waals surface area (Å²) < 4.78 is 13.1. The molecule has 1 heterocycles. The maximum Gasteiger partial charge on any atom is 0.227 e. The number of carbonyl (C=O) groups is 1. The highest BCUT2D eigenvalue weighted by Crippen LogP contribution is 2.41. The Kier molecular flexibility index (Phi) is 6.59. The van der Waals surface area contributed by atoms with Gasteiger partial charge in [0.05, 0.1) is 17.7 Å². The van der Waals surface area contributed by atoms with Crippen LogP contribution in [0.1, 0.15) is 44.1 Å². The number of nitrogens with one attached hydrogen (secondary N) is 1. The van der Waals surface area contributed by atoms with Crippen LogP contribution in [0.5, 0.6) is 0 Å². The van der Waals surface area contributed by atoms with Gasteiger partial charge in [-0.3, -0.25) is 9.78 Å². The zero-order valence-corrected chi connectivity index (χ0v) is 18.3. The first-order valence-electron chi connectivity index (χ1n) is 10.3. The SMILES string of the molecule is CC(C(=O)Nc1ccc(Cl)cc1)C1CCC(c2ccnc3ccc(SF)cc23)CC1. The summed E-state index contributed by atoms with van der Waals surface area (Å²) in [4.78, 5) is 17.7. The van der Waals surface area contributed by atoms with E-state index < -0.39 is 0 Å². The smallest absolute Gasteiger partial charge is 0.227 e. The molecule has 0 spiro atoms. The summed E-state index contributed by atoms with van der Waals surface area (Å²) in [6.07, 6.45) is 5.89. The van der Waals surface area contributed by atoms with E-state index in [0.29, 0.717) is 21.8 Å². The minimum atomic E-state index is -0.0506. The Morgan fingerprint density at radius 3 is 2.57 bits per heavy atom. The van der Waals surface area contributed by atoms with Crippen molar-refractivity contribution in [3.8, 4) is 0 Å². The lowest BCUT2D eigenvalue weighted by atomic mass is 9.73. The number of halogens is 2. The molecule has 3 aromatic rings. The van der Waals surface area contributed by atoms with E-state index in [1.165, 1.54) is 5.56 Å². The van der Waals surface area contributed by atoms with Gasteiger partial charge in [-0.1, -0.05) is 18.5 Å². The van der Waals surface area contributed by atoms with Crippen molar-refractivity contribution in [2.24, 2.45) is 11.8 Å². The number of nitrogens with zero attached hydrogens (tertiary/aromatic N) is 1. The molecule has 156 valence electrons. The Morgan fingerprint density at radius 2 is 1.87 bits per heavy atom. The van der Waals surface area contributed by atoms with E-state index in [1.54, 1.807) is 18.2 Å². The van der Waals surface area contributed by atoms with Crippen molar-refractivity contribution >= 4 is 46.2 Å². The molecule has 2 aromatic carbocycles. The van der Waals surface area contributed by atoms with Crippen molar-refractivity contribution in [3.63, 3.8) is 0 Å². The van der Waals surface area contributed by atoms with Gasteiger partial charge in [0.25, 0.3) is 0 Å². The summed E-state index contributed by atoms with van der Waals surface area (Å²) in [5.74, 6) is 0.779. The second kappa shape index (κ2) is 9.36. The summed E-state index contributed by atoms with van der Waals surface area (Å²) in [6.45, 7) is 2.02. The van der Waals surface area contributed by atoms with Gasteiger partial charge in [-0.25, -0.2) is 0 Å². The Labute approximate surface area is 185 Å². The molecule has 1 amide bonds. The van der Waals surface area contributed by atoms with E-state index in [4.69, 9.17) is 11.6 Å². The third-order valence-corrected chi connectivity index (χ3v) is 6.96. The monoisotopic (exact) mass is 442 g/mol. The third kappa shape index (κ3) is 4.62. The molecule has 1 aromatic heterocycles. The van der Waals surface area contributed by atoms with Gasteiger partial charge in [-0.05, 0) is 91.6 Å². The van der Waals surface area contributed by atoms with Crippen molar-refractivity contribution < 1.29 is 8.68 Å². The largest absolute Gasteiger partial charge is 0.326 e. The molecule has 0 bridgehead atoms. The number of pyridine rings is 1. The fraction of sp³-hybridized carbons (Fsp3) is 0.333. The Morgan fingerprint density at radius 1 is 1.13 bits per heavy atom. The van der Waals surface area contributed by atoms with Crippen LogP contribution < -0.4 is 5.32 Å². The van der Waals surface area contributed by atoms with E-state index in [1.807, 2.05) is 37.4 Å². The minimum absolute atomic E-state index is 0.0506. The number of amides is 1. The van der Waals surface area contributed by atoms with Crippen LogP contribution in [0, 0.1) is 11.8 Å². The fourth-order valence-corrected chi connectivity index (χ4v) is 4.89. The third-order valence-electron chi connectivity index (χ3n) is 6.28. The zero-order chi connectivity index (χ0) is 21.1. The molecule has 1 atom stereocenters. The number of aromatic nitrogens is 1. The van der Waals surface area contributed by atoms with E-state index in [-0.39, 0.29) is 24.0 Å². The minimum Gasteiger partial charge on any atom is -0.326 e. The number of hydrogen-bond donors (Lipinski definition) is 1. The quantitative estimate of drug-likeness (QED) is 0.447. The molecule has 0 aliphatic heterocycles. The van der Waals surface area contributed by atoms with Gasteiger partial charge >= 0.3 is 0 Å². The molecule has 6 heteroatoms. The second-order valence-electron chi connectivity index (χ2n) is 8.05. The normalized spacial score (nSPS) is 20.1. The van der Waals surface area contributed by atoms with Gasteiger partial charge in [0, 0.05) is 33.1 Å². The number of hydrogen-bond acceptors (Lipinski definition) is 3. The molecule has 1 aliphatic rings. The van der Waals surface area contributed by atoms with Crippen LogP contribution >= 0.6 is 23.7 Å². The molecular weight excluding hydrogens is 419 g/mol. The number of fused-ring (bicyclic) bond motifs is 1. The van der Waals surface area contributed by atoms with Crippen LogP contribution in [0.3, 0.4) is 0 Å². The Balaban J connectivity index is 1.41. The molecule has 1 N–H and O–H groups in total. The second-order valence-corrected chi connectivity index (χ2v) is 9.11. The molecule has 0 saturated heterocycles. The summed E-state index contributed by atoms with van der Waals surface area (Å²) in [6, 6.07) is 14.8. The van der Waals surface area contributed by atoms with Crippen molar-refractivity contribution in [2.75, 3.05) is 5.32 Å². The van der Waals surface area contributed by atoms with Crippen molar-refractivity contribution in [1.29, 1.82) is 0 Å². The van der Waals surface area contributed by atoms with Crippen LogP contribution in [0.15, 0.2) is 59.6 Å². The standard InChI is InChI=1S/C24H24ClFN2OS/c1-15(24(29)28-19-8-6-18(25)7-9-19)16-2-4-17(5-3-16)21-12-13-27-23-11-10-20(30-26)14-22(21)23/h6-17H,2-5H2,1H3,(H,28,29). The van der Waals surface area contributed by atoms with E-state index in [0.717, 1.165) is 42.3 Å². The Bertz CT molecular complexity index is 1040. The van der Waals surface area contributed by atoms with Gasteiger partial charge < -0.3 is 5.32 Å². The first-order valence-corrected chi connectivity index (χ1v) is 11.4. The van der Waals surface area contributed by atoms with E-state index >= 15 is 0 Å². The van der Waals surface area contributed by atoms with Gasteiger partial charge in [0.15, 0.2) is 0 Å². The molecule has 0 radical (unpaired) electrons. The number of benzene rings is 2. The fourth-order valence-electron chi connectivity index (χ4n) is 4.48. The average Bonchev–Trinajstić information content (AvgIpc) is 2.79. The molecule has 1 unspecified atom stereocenters. The molecule has 1 aliphatic carbocycles. The zero-order valence-electron chi connectivity index (χ0n) is 16.8. The maximum atomic E-state index is 13.1. The predicted molar refractivity (Wildman–Crippen MR) is 123 cm³/mol. The van der Waals surface area contributed by atoms with Gasteiger partial charge in [-0.15, -0.1) is 0 Å². The summed E-state index contributed by atoms with van der Waals surface area (Å²) >= 11 is 6.18. The maximum absolute atomic E-state index is 13.1. The highest BCUT2D eigenvalue weighted by atomic mass is 35.5. The molecule has 1 saturated carbocycles. The molecular formula is C24H24ClFN2OS. The van der Waals surface area contributed by atoms with E-state index in [2.05, 4.69) is 16.4 Å². The first kappa shape index (κ1) is 21.1. The number of rotatable bonds is 5. The number of anilines is 1. The topological polar surface area (TPSA) is 42.0 Å².